The Balaban J connectivity index is 2.89. The molecule has 0 aliphatic carbocycles. The van der Waals surface area contributed by atoms with Crippen molar-refractivity contribution in [2.45, 2.75) is 11.9 Å². The van der Waals surface area contributed by atoms with Crippen molar-refractivity contribution >= 4 is 28.6 Å². The van der Waals surface area contributed by atoms with E-state index in [0.717, 1.165) is 17.8 Å². The smallest absolute Gasteiger partial charge is 0.342 e. The second kappa shape index (κ2) is 5.00. The molecule has 0 saturated heterocycles. The van der Waals surface area contributed by atoms with Crippen LogP contribution in [0.5, 0.6) is 0 Å². The molecule has 100 valence electrons. The number of aromatic nitrogens is 1. The molecule has 0 amide bonds. The van der Waals surface area contributed by atoms with E-state index in [9.17, 15) is 18.4 Å². The zero-order valence-electron chi connectivity index (χ0n) is 9.79. The number of carboxylic acid groups (broad SMARTS) is 1. The van der Waals surface area contributed by atoms with Gasteiger partial charge in [0.15, 0.2) is 11.6 Å². The number of nitrogens with one attached hydrogen (secondary N) is 1. The molecule has 0 aliphatic rings. The van der Waals surface area contributed by atoms with E-state index in [1.165, 1.54) is 0 Å². The summed E-state index contributed by atoms with van der Waals surface area (Å²) in [6, 6.07) is 1.55. The van der Waals surface area contributed by atoms with Gasteiger partial charge in [-0.3, -0.25) is 4.79 Å². The van der Waals surface area contributed by atoms with Crippen molar-refractivity contribution < 1.29 is 18.7 Å². The average molecular weight is 285 g/mol. The third kappa shape index (κ3) is 2.33. The predicted molar refractivity (Wildman–Crippen MR) is 67.8 cm³/mol. The first-order valence-electron chi connectivity index (χ1n) is 5.36. The Hall–Kier alpha value is -1.89. The molecule has 0 unspecified atom stereocenters. The minimum Gasteiger partial charge on any atom is -0.477 e. The molecule has 0 bridgehead atoms. The molecule has 0 aliphatic heterocycles. The monoisotopic (exact) mass is 285 g/mol. The molecule has 0 atom stereocenters. The van der Waals surface area contributed by atoms with Gasteiger partial charge in [-0.1, -0.05) is 6.92 Å². The topological polar surface area (TPSA) is 70.2 Å². The maximum Gasteiger partial charge on any atom is 0.342 e. The minimum absolute atomic E-state index is 0.0739. The molecular weight excluding hydrogens is 276 g/mol. The Morgan fingerprint density at radius 1 is 1.37 bits per heavy atom. The summed E-state index contributed by atoms with van der Waals surface area (Å²) in [5.74, 6) is -3.15. The Morgan fingerprint density at radius 2 is 2.00 bits per heavy atom. The number of carboxylic acids is 1. The minimum atomic E-state index is -1.40. The summed E-state index contributed by atoms with van der Waals surface area (Å²) in [4.78, 5) is 25.8. The first kappa shape index (κ1) is 13.5. The molecule has 1 heterocycles. The largest absolute Gasteiger partial charge is 0.477 e. The van der Waals surface area contributed by atoms with E-state index in [1.54, 1.807) is 6.92 Å². The fourth-order valence-electron chi connectivity index (χ4n) is 1.71. The van der Waals surface area contributed by atoms with Crippen LogP contribution >= 0.6 is 11.8 Å². The first-order valence-corrected chi connectivity index (χ1v) is 6.35. The van der Waals surface area contributed by atoms with Crippen LogP contribution in [0.1, 0.15) is 17.3 Å². The third-order valence-electron chi connectivity index (χ3n) is 2.51. The highest BCUT2D eigenvalue weighted by Gasteiger charge is 2.19. The number of fused-ring (bicyclic) bond motifs is 1. The third-order valence-corrected chi connectivity index (χ3v) is 3.39. The molecular formula is C12H9F2NO3S. The number of aromatic amines is 1. The van der Waals surface area contributed by atoms with E-state index in [1.807, 2.05) is 0 Å². The summed E-state index contributed by atoms with van der Waals surface area (Å²) in [5.41, 5.74) is -1.20. The molecule has 4 nitrogen and oxygen atoms in total. The number of H-pyrrole nitrogens is 1. The van der Waals surface area contributed by atoms with Crippen molar-refractivity contribution in [2.75, 3.05) is 5.75 Å². The highest BCUT2D eigenvalue weighted by atomic mass is 32.2. The van der Waals surface area contributed by atoms with Crippen molar-refractivity contribution in [2.24, 2.45) is 0 Å². The maximum atomic E-state index is 13.1. The normalized spacial score (nSPS) is 10.9. The van der Waals surface area contributed by atoms with Crippen molar-refractivity contribution in [3.05, 3.63) is 39.6 Å². The van der Waals surface area contributed by atoms with Gasteiger partial charge in [0.25, 0.3) is 0 Å². The number of carbonyl (C=O) groups is 1. The Bertz CT molecular complexity index is 727. The van der Waals surface area contributed by atoms with Crippen LogP contribution in [0.4, 0.5) is 8.78 Å². The summed E-state index contributed by atoms with van der Waals surface area (Å²) in [6.07, 6.45) is 0. The molecule has 0 spiro atoms. The molecule has 1 aromatic carbocycles. The van der Waals surface area contributed by atoms with Gasteiger partial charge >= 0.3 is 5.97 Å². The molecule has 0 fully saturated rings. The molecule has 19 heavy (non-hydrogen) atoms. The van der Waals surface area contributed by atoms with E-state index < -0.39 is 28.6 Å². The molecule has 0 radical (unpaired) electrons. The lowest BCUT2D eigenvalue weighted by atomic mass is 10.1. The van der Waals surface area contributed by atoms with Gasteiger partial charge in [0, 0.05) is 11.5 Å². The lowest BCUT2D eigenvalue weighted by Crippen LogP contribution is -2.18. The molecule has 2 aromatic rings. The average Bonchev–Trinajstić information content (AvgIpc) is 2.32. The Labute approximate surface area is 110 Å². The highest BCUT2D eigenvalue weighted by molar-refractivity contribution is 7.99. The van der Waals surface area contributed by atoms with Crippen molar-refractivity contribution in [1.29, 1.82) is 0 Å². The number of thioether (sulfide) groups is 1. The van der Waals surface area contributed by atoms with Gasteiger partial charge in [0.2, 0.25) is 5.43 Å². The van der Waals surface area contributed by atoms with Gasteiger partial charge in [-0.05, 0) is 11.8 Å². The fourth-order valence-corrected chi connectivity index (χ4v) is 2.50. The number of pyridine rings is 1. The van der Waals surface area contributed by atoms with Crippen molar-refractivity contribution in [3.8, 4) is 0 Å². The molecule has 0 saturated carbocycles. The lowest BCUT2D eigenvalue weighted by molar-refractivity contribution is 0.0691. The summed E-state index contributed by atoms with van der Waals surface area (Å²) in [7, 11) is 0. The SMILES string of the molecule is CCSc1[nH]c2cc(F)c(F)cc2c(=O)c1C(=O)O. The zero-order valence-corrected chi connectivity index (χ0v) is 10.6. The number of halogens is 2. The zero-order chi connectivity index (χ0) is 14.2. The number of hydrogen-bond acceptors (Lipinski definition) is 3. The summed E-state index contributed by atoms with van der Waals surface area (Å²) >= 11 is 1.12. The fraction of sp³-hybridized carbons (Fsp3) is 0.167. The second-order valence-corrected chi connectivity index (χ2v) is 4.98. The van der Waals surface area contributed by atoms with E-state index in [4.69, 9.17) is 5.11 Å². The van der Waals surface area contributed by atoms with Gasteiger partial charge in [0.1, 0.15) is 5.56 Å². The van der Waals surface area contributed by atoms with Crippen LogP contribution in [0.2, 0.25) is 0 Å². The van der Waals surface area contributed by atoms with E-state index >= 15 is 0 Å². The number of benzene rings is 1. The Kier molecular flexibility index (Phi) is 3.57. The summed E-state index contributed by atoms with van der Waals surface area (Å²) in [6.45, 7) is 1.78. The summed E-state index contributed by atoms with van der Waals surface area (Å²) in [5, 5.41) is 9.01. The lowest BCUT2D eigenvalue weighted by Gasteiger charge is -2.07. The molecule has 2 N–H and O–H groups in total. The van der Waals surface area contributed by atoms with Crippen LogP contribution in [-0.2, 0) is 0 Å². The highest BCUT2D eigenvalue weighted by Crippen LogP contribution is 2.22. The van der Waals surface area contributed by atoms with E-state index in [0.29, 0.717) is 11.8 Å². The van der Waals surface area contributed by atoms with Crippen LogP contribution < -0.4 is 5.43 Å². The standard InChI is InChI=1S/C12H9F2NO3S/c1-2-19-11-9(12(17)18)10(16)5-3-6(13)7(14)4-8(5)15-11/h3-4H,2H2,1H3,(H,15,16)(H,17,18). The second-order valence-electron chi connectivity index (χ2n) is 3.71. The van der Waals surface area contributed by atoms with Crippen LogP contribution in [0.3, 0.4) is 0 Å². The Morgan fingerprint density at radius 3 is 2.58 bits per heavy atom. The maximum absolute atomic E-state index is 13.1. The van der Waals surface area contributed by atoms with Gasteiger partial charge in [0.05, 0.1) is 10.5 Å². The van der Waals surface area contributed by atoms with E-state index in [2.05, 4.69) is 4.98 Å². The van der Waals surface area contributed by atoms with Crippen molar-refractivity contribution in [1.82, 2.24) is 4.98 Å². The number of hydrogen-bond donors (Lipinski definition) is 2. The predicted octanol–water partition coefficient (Wildman–Crippen LogP) is 2.62. The van der Waals surface area contributed by atoms with Crippen LogP contribution in [0, 0.1) is 11.6 Å². The molecule has 7 heteroatoms. The van der Waals surface area contributed by atoms with Gasteiger partial charge in [-0.2, -0.15) is 0 Å². The summed E-state index contributed by atoms with van der Waals surface area (Å²) < 4.78 is 26.3. The van der Waals surface area contributed by atoms with Crippen molar-refractivity contribution in [3.63, 3.8) is 0 Å². The van der Waals surface area contributed by atoms with Crippen LogP contribution in [-0.4, -0.2) is 21.8 Å². The van der Waals surface area contributed by atoms with Crippen LogP contribution in [0.25, 0.3) is 10.9 Å². The molecule has 2 rings (SSSR count). The quantitative estimate of drug-likeness (QED) is 0.850. The van der Waals surface area contributed by atoms with Gasteiger partial charge in [-0.15, -0.1) is 11.8 Å². The number of aromatic carboxylic acids is 1. The van der Waals surface area contributed by atoms with Gasteiger partial charge in [-0.25, -0.2) is 13.6 Å². The first-order chi connectivity index (χ1) is 8.95. The van der Waals surface area contributed by atoms with Crippen LogP contribution in [0.15, 0.2) is 22.0 Å². The molecule has 1 aromatic heterocycles. The number of rotatable bonds is 3. The van der Waals surface area contributed by atoms with E-state index in [-0.39, 0.29) is 15.9 Å². The van der Waals surface area contributed by atoms with Gasteiger partial charge < -0.3 is 10.1 Å².